The van der Waals surface area contributed by atoms with Crippen LogP contribution in [0.3, 0.4) is 0 Å². The zero-order chi connectivity index (χ0) is 12.7. The molecule has 0 heterocycles. The summed E-state index contributed by atoms with van der Waals surface area (Å²) >= 11 is 0. The smallest absolute Gasteiger partial charge is 0.306 e. The molecule has 0 bridgehead atoms. The van der Waals surface area contributed by atoms with Crippen LogP contribution in [0.25, 0.3) is 0 Å². The molecule has 1 rings (SSSR count). The van der Waals surface area contributed by atoms with Gasteiger partial charge >= 0.3 is 8.03 Å². The lowest BCUT2D eigenvalue weighted by molar-refractivity contribution is -0.118. The Labute approximate surface area is 114 Å². The predicted octanol–water partition coefficient (Wildman–Crippen LogP) is 2.28. The number of Topliss-reactive ketones (excluding diaryl/α,β-unsaturated/α-hetero) is 1. The summed E-state index contributed by atoms with van der Waals surface area (Å²) in [5, 5.41) is 3.02. The lowest BCUT2D eigenvalue weighted by atomic mass is 10.2. The minimum atomic E-state index is -2.25. The number of carbonyl (C=O) groups excluding carboxylic acids is 1. The van der Waals surface area contributed by atoms with E-state index >= 15 is 0 Å². The summed E-state index contributed by atoms with van der Waals surface area (Å²) in [5.74, 6) is -0.0363. The molecule has 0 aliphatic rings. The largest absolute Gasteiger partial charge is 0.508 e. The maximum atomic E-state index is 11.4. The van der Waals surface area contributed by atoms with Gasteiger partial charge in [-0.25, -0.2) is 0 Å². The molecule has 0 fully saturated rings. The predicted molar refractivity (Wildman–Crippen MR) is 74.3 cm³/mol. The average molecular weight is 291 g/mol. The van der Waals surface area contributed by atoms with Crippen LogP contribution in [-0.4, -0.2) is 22.9 Å². The Balaban J connectivity index is 0.00000289. The third kappa shape index (κ3) is 6.82. The second-order valence-corrected chi connectivity index (χ2v) is 5.47. The van der Waals surface area contributed by atoms with Crippen LogP contribution in [0.4, 0.5) is 0 Å². The summed E-state index contributed by atoms with van der Waals surface area (Å²) in [7, 11) is -2.25. The molecule has 2 N–H and O–H groups in total. The van der Waals surface area contributed by atoms with E-state index in [0.717, 1.165) is 5.56 Å². The van der Waals surface area contributed by atoms with Crippen LogP contribution in [-0.2, 0) is 15.9 Å². The molecule has 0 radical (unpaired) electrons. The fourth-order valence-electron chi connectivity index (χ4n) is 1.42. The maximum Gasteiger partial charge on any atom is 0.508 e. The normalized spacial score (nSPS) is 12.4. The highest BCUT2D eigenvalue weighted by molar-refractivity contribution is 7.38. The van der Waals surface area contributed by atoms with Gasteiger partial charge in [-0.1, -0.05) is 30.3 Å². The monoisotopic (exact) mass is 290 g/mol. The Morgan fingerprint density at radius 2 is 2.00 bits per heavy atom. The van der Waals surface area contributed by atoms with Crippen LogP contribution in [0.5, 0.6) is 0 Å². The second kappa shape index (κ2) is 9.17. The summed E-state index contributed by atoms with van der Waals surface area (Å²) in [6.45, 7) is 2.47. The van der Waals surface area contributed by atoms with E-state index in [1.165, 1.54) is 0 Å². The molecule has 6 heteroatoms. The number of hydrogen-bond donors (Lipinski definition) is 2. The Hall–Kier alpha value is -0.800. The lowest BCUT2D eigenvalue weighted by Crippen LogP contribution is -2.24. The third-order valence-electron chi connectivity index (χ3n) is 2.39. The fraction of sp³-hybridized carbons (Fsp3) is 0.417. The number of halogens is 1. The Morgan fingerprint density at radius 3 is 2.56 bits per heavy atom. The van der Waals surface area contributed by atoms with Crippen molar-refractivity contribution in [1.82, 2.24) is 5.32 Å². The molecule has 18 heavy (non-hydrogen) atoms. The van der Waals surface area contributed by atoms with Gasteiger partial charge in [-0.2, -0.15) is 4.89 Å². The minimum absolute atomic E-state index is 0. The first-order valence-corrected chi connectivity index (χ1v) is 6.79. The molecule has 0 aliphatic carbocycles. The van der Waals surface area contributed by atoms with Gasteiger partial charge in [0, 0.05) is 6.54 Å². The van der Waals surface area contributed by atoms with E-state index in [2.05, 4.69) is 5.32 Å². The first kappa shape index (κ1) is 17.2. The second-order valence-electron chi connectivity index (χ2n) is 3.98. The lowest BCUT2D eigenvalue weighted by Gasteiger charge is -2.03. The van der Waals surface area contributed by atoms with Gasteiger partial charge in [0.1, 0.15) is 0 Å². The number of benzene rings is 1. The maximum absolute atomic E-state index is 11.4. The van der Waals surface area contributed by atoms with Gasteiger partial charge < -0.3 is 5.32 Å². The van der Waals surface area contributed by atoms with Crippen molar-refractivity contribution in [2.45, 2.75) is 25.5 Å². The van der Waals surface area contributed by atoms with E-state index in [-0.39, 0.29) is 31.2 Å². The summed E-state index contributed by atoms with van der Waals surface area (Å²) in [6.07, 6.45) is 0.146. The molecule has 0 saturated heterocycles. The number of ketones is 1. The van der Waals surface area contributed by atoms with E-state index in [1.54, 1.807) is 6.92 Å². The Bertz CT molecular complexity index is 386. The zero-order valence-electron chi connectivity index (χ0n) is 10.2. The standard InChI is InChI=1S/C12H16NO3P.ClH/c1-10(17(15)16)7-12(14)9-13-8-11-5-3-2-4-6-11;/h2-6,10,13H,7-9H2,1H3;1H/p+1. The number of nitrogens with one attached hydrogen (secondary N) is 1. The Kier molecular flexibility index (Phi) is 8.77. The minimum Gasteiger partial charge on any atom is -0.306 e. The molecule has 0 aromatic heterocycles. The number of carbonyl (C=O) groups is 1. The quantitative estimate of drug-likeness (QED) is 0.756. The van der Waals surface area contributed by atoms with Crippen molar-refractivity contribution in [3.05, 3.63) is 35.9 Å². The van der Waals surface area contributed by atoms with E-state index < -0.39 is 13.7 Å². The van der Waals surface area contributed by atoms with Crippen LogP contribution in [0.15, 0.2) is 30.3 Å². The topological polar surface area (TPSA) is 66.4 Å². The number of rotatable bonds is 7. The van der Waals surface area contributed by atoms with E-state index in [9.17, 15) is 9.36 Å². The summed E-state index contributed by atoms with van der Waals surface area (Å²) < 4.78 is 10.7. The molecular weight excluding hydrogens is 273 g/mol. The van der Waals surface area contributed by atoms with Gasteiger partial charge in [-0.15, -0.1) is 12.4 Å². The van der Waals surface area contributed by atoms with Crippen LogP contribution >= 0.6 is 20.4 Å². The SMILES string of the molecule is CC(CC(=O)CNCc1ccccc1)[P+](=O)O.Cl. The van der Waals surface area contributed by atoms with E-state index in [1.807, 2.05) is 30.3 Å². The number of hydrogen-bond acceptors (Lipinski definition) is 3. The van der Waals surface area contributed by atoms with Crippen LogP contribution in [0.2, 0.25) is 0 Å². The first-order valence-electron chi connectivity index (χ1n) is 5.51. The van der Waals surface area contributed by atoms with Gasteiger partial charge in [0.2, 0.25) is 0 Å². The molecule has 1 aromatic rings. The molecule has 4 nitrogen and oxygen atoms in total. The Morgan fingerprint density at radius 1 is 1.39 bits per heavy atom. The van der Waals surface area contributed by atoms with Crippen molar-refractivity contribution in [3.8, 4) is 0 Å². The molecule has 100 valence electrons. The zero-order valence-corrected chi connectivity index (χ0v) is 11.9. The molecule has 0 spiro atoms. The molecule has 0 saturated carbocycles. The van der Waals surface area contributed by atoms with Crippen LogP contribution < -0.4 is 5.32 Å². The highest BCUT2D eigenvalue weighted by atomic mass is 35.5. The van der Waals surface area contributed by atoms with Gasteiger partial charge in [0.15, 0.2) is 11.4 Å². The molecule has 2 atom stereocenters. The highest BCUT2D eigenvalue weighted by Crippen LogP contribution is 2.24. The van der Waals surface area contributed by atoms with Crippen molar-refractivity contribution in [2.24, 2.45) is 0 Å². The molecule has 2 unspecified atom stereocenters. The van der Waals surface area contributed by atoms with E-state index in [0.29, 0.717) is 6.54 Å². The summed E-state index contributed by atoms with van der Waals surface area (Å²) in [5.41, 5.74) is 0.651. The highest BCUT2D eigenvalue weighted by Gasteiger charge is 2.25. The average Bonchev–Trinajstić information content (AvgIpc) is 2.30. The van der Waals surface area contributed by atoms with Gasteiger partial charge in [0.05, 0.1) is 13.0 Å². The third-order valence-corrected chi connectivity index (χ3v) is 3.33. The molecular formula is C12H18ClNO3P+. The molecule has 1 aromatic carbocycles. The van der Waals surface area contributed by atoms with Gasteiger partial charge in [-0.3, -0.25) is 4.79 Å². The molecule has 0 aliphatic heterocycles. The van der Waals surface area contributed by atoms with Crippen LogP contribution in [0.1, 0.15) is 18.9 Å². The molecule has 0 amide bonds. The van der Waals surface area contributed by atoms with E-state index in [4.69, 9.17) is 4.89 Å². The van der Waals surface area contributed by atoms with Crippen molar-refractivity contribution < 1.29 is 14.3 Å². The van der Waals surface area contributed by atoms with Gasteiger partial charge in [-0.05, 0) is 17.1 Å². The van der Waals surface area contributed by atoms with Gasteiger partial charge in [0.25, 0.3) is 0 Å². The van der Waals surface area contributed by atoms with Crippen molar-refractivity contribution >= 4 is 26.2 Å². The van der Waals surface area contributed by atoms with Crippen molar-refractivity contribution in [1.29, 1.82) is 0 Å². The van der Waals surface area contributed by atoms with Crippen molar-refractivity contribution in [2.75, 3.05) is 6.54 Å². The first-order chi connectivity index (χ1) is 8.09. The summed E-state index contributed by atoms with van der Waals surface area (Å²) in [6, 6.07) is 9.78. The van der Waals surface area contributed by atoms with Crippen molar-refractivity contribution in [3.63, 3.8) is 0 Å². The fourth-order valence-corrected chi connectivity index (χ4v) is 1.78. The summed E-state index contributed by atoms with van der Waals surface area (Å²) in [4.78, 5) is 20.3. The van der Waals surface area contributed by atoms with Crippen LogP contribution in [0, 0.1) is 0 Å².